The Morgan fingerprint density at radius 2 is 2.27 bits per heavy atom. The third-order valence-corrected chi connectivity index (χ3v) is 4.62. The minimum atomic E-state index is -0.681. The summed E-state index contributed by atoms with van der Waals surface area (Å²) in [5.74, 6) is 0.579. The largest absolute Gasteiger partial charge is 0.352 e. The van der Waals surface area contributed by atoms with Crippen molar-refractivity contribution >= 4 is 35.3 Å². The Balaban J connectivity index is 2.03. The highest BCUT2D eigenvalue weighted by Gasteiger charge is 2.27. The molecule has 0 saturated carbocycles. The topological polar surface area (TPSA) is 84.2 Å². The van der Waals surface area contributed by atoms with Crippen molar-refractivity contribution in [1.29, 1.82) is 0 Å². The van der Waals surface area contributed by atoms with Crippen LogP contribution in [0.3, 0.4) is 0 Å². The zero-order valence-electron chi connectivity index (χ0n) is 12.4. The summed E-state index contributed by atoms with van der Waals surface area (Å²) in [5, 5.41) is 6.23. The Bertz CT molecular complexity index is 568. The van der Waals surface area contributed by atoms with Crippen LogP contribution in [0.25, 0.3) is 0 Å². The van der Waals surface area contributed by atoms with Crippen molar-refractivity contribution in [3.63, 3.8) is 0 Å². The first-order valence-corrected chi connectivity index (χ1v) is 8.92. The molecule has 1 aliphatic carbocycles. The molecule has 7 heteroatoms. The number of thioether (sulfide) groups is 1. The molecule has 0 aromatic heterocycles. The third-order valence-electron chi connectivity index (χ3n) is 3.74. The maximum absolute atomic E-state index is 12.4. The van der Waals surface area contributed by atoms with Gasteiger partial charge in [-0.2, -0.15) is 11.8 Å². The quantitative estimate of drug-likeness (QED) is 0.741. The van der Waals surface area contributed by atoms with Crippen LogP contribution in [0.15, 0.2) is 18.2 Å². The number of carbonyl (C=O) groups excluding carboxylic acids is 2. The molecule has 0 bridgehead atoms. The molecule has 4 N–H and O–H groups in total. The molecule has 22 heavy (non-hydrogen) atoms. The summed E-state index contributed by atoms with van der Waals surface area (Å²) in [7, 11) is 0. The highest BCUT2D eigenvalue weighted by atomic mass is 35.5. The van der Waals surface area contributed by atoms with Crippen LogP contribution in [0.2, 0.25) is 5.02 Å². The number of nitrogens with one attached hydrogen (secondary N) is 2. The second-order valence-electron chi connectivity index (χ2n) is 5.29. The number of benzene rings is 1. The molecule has 3 amide bonds. The van der Waals surface area contributed by atoms with Gasteiger partial charge in [0.25, 0.3) is 0 Å². The maximum atomic E-state index is 12.4. The van der Waals surface area contributed by atoms with E-state index in [0.29, 0.717) is 11.4 Å². The first kappa shape index (κ1) is 17.0. The van der Waals surface area contributed by atoms with Crippen LogP contribution in [-0.2, 0) is 11.2 Å². The Morgan fingerprint density at radius 1 is 1.50 bits per heavy atom. The van der Waals surface area contributed by atoms with E-state index in [0.717, 1.165) is 24.2 Å². The van der Waals surface area contributed by atoms with Crippen LogP contribution < -0.4 is 16.4 Å². The Labute approximate surface area is 139 Å². The minimum Gasteiger partial charge on any atom is -0.352 e. The molecule has 0 unspecified atom stereocenters. The van der Waals surface area contributed by atoms with Crippen molar-refractivity contribution in [3.05, 3.63) is 34.3 Å². The summed E-state index contributed by atoms with van der Waals surface area (Å²) < 4.78 is 0. The number of amides is 3. The second kappa shape index (κ2) is 7.74. The SMILES string of the molecule is CSCC[C@@H](NC(N)=O)C(=O)N[C@H]1CCc2cc(Cl)ccc21. The van der Waals surface area contributed by atoms with Gasteiger partial charge in [-0.15, -0.1) is 0 Å². The van der Waals surface area contributed by atoms with E-state index in [4.69, 9.17) is 17.3 Å². The van der Waals surface area contributed by atoms with Gasteiger partial charge in [0.2, 0.25) is 5.91 Å². The summed E-state index contributed by atoms with van der Waals surface area (Å²) in [6.45, 7) is 0. The normalized spacial score (nSPS) is 17.6. The molecule has 1 aromatic carbocycles. The Hall–Kier alpha value is -1.40. The van der Waals surface area contributed by atoms with Crippen molar-refractivity contribution in [2.45, 2.75) is 31.3 Å². The van der Waals surface area contributed by atoms with Crippen LogP contribution in [0.1, 0.15) is 30.0 Å². The lowest BCUT2D eigenvalue weighted by molar-refractivity contribution is -0.123. The number of rotatable bonds is 6. The van der Waals surface area contributed by atoms with Gasteiger partial charge in [-0.3, -0.25) is 4.79 Å². The number of aryl methyl sites for hydroxylation is 1. The lowest BCUT2D eigenvalue weighted by Gasteiger charge is -2.20. The second-order valence-corrected chi connectivity index (χ2v) is 6.71. The smallest absolute Gasteiger partial charge is 0.312 e. The summed E-state index contributed by atoms with van der Waals surface area (Å²) in [5.41, 5.74) is 7.42. The summed E-state index contributed by atoms with van der Waals surface area (Å²) in [6, 6.07) is 4.41. The van der Waals surface area contributed by atoms with Crippen molar-refractivity contribution in [2.24, 2.45) is 5.73 Å². The van der Waals surface area contributed by atoms with Gasteiger partial charge in [-0.05, 0) is 54.5 Å². The summed E-state index contributed by atoms with van der Waals surface area (Å²) in [4.78, 5) is 23.5. The lowest BCUT2D eigenvalue weighted by Crippen LogP contribution is -2.49. The minimum absolute atomic E-state index is 0.0359. The number of halogens is 1. The molecular weight excluding hydrogens is 322 g/mol. The van der Waals surface area contributed by atoms with Crippen LogP contribution in [0.4, 0.5) is 4.79 Å². The van der Waals surface area contributed by atoms with Crippen molar-refractivity contribution in [1.82, 2.24) is 10.6 Å². The van der Waals surface area contributed by atoms with Gasteiger partial charge < -0.3 is 16.4 Å². The maximum Gasteiger partial charge on any atom is 0.312 e. The van der Waals surface area contributed by atoms with Crippen LogP contribution in [0, 0.1) is 0 Å². The molecule has 1 aliphatic rings. The van der Waals surface area contributed by atoms with Gasteiger partial charge in [0, 0.05) is 5.02 Å². The van der Waals surface area contributed by atoms with Gasteiger partial charge in [0.05, 0.1) is 6.04 Å². The molecule has 0 radical (unpaired) electrons. The highest BCUT2D eigenvalue weighted by Crippen LogP contribution is 2.32. The molecular formula is C15H20ClN3O2S. The van der Waals surface area contributed by atoms with Crippen LogP contribution in [0.5, 0.6) is 0 Å². The molecule has 2 rings (SSSR count). The van der Waals surface area contributed by atoms with Gasteiger partial charge in [0.15, 0.2) is 0 Å². The zero-order valence-corrected chi connectivity index (χ0v) is 14.0. The fraction of sp³-hybridized carbons (Fsp3) is 0.467. The van der Waals surface area contributed by atoms with Crippen LogP contribution >= 0.6 is 23.4 Å². The average molecular weight is 342 g/mol. The fourth-order valence-corrected chi connectivity index (χ4v) is 3.35. The van der Waals surface area contributed by atoms with E-state index in [9.17, 15) is 9.59 Å². The fourth-order valence-electron chi connectivity index (χ4n) is 2.68. The molecule has 0 heterocycles. The molecule has 0 fully saturated rings. The molecule has 1 aromatic rings. The van der Waals surface area contributed by atoms with Gasteiger partial charge in [-0.1, -0.05) is 17.7 Å². The van der Waals surface area contributed by atoms with E-state index in [2.05, 4.69) is 10.6 Å². The molecule has 5 nitrogen and oxygen atoms in total. The molecule has 0 saturated heterocycles. The third kappa shape index (κ3) is 4.30. The number of carbonyl (C=O) groups is 2. The Kier molecular flexibility index (Phi) is 5.97. The predicted molar refractivity (Wildman–Crippen MR) is 90.2 cm³/mol. The van der Waals surface area contributed by atoms with E-state index in [1.807, 2.05) is 24.5 Å². The number of hydrogen-bond acceptors (Lipinski definition) is 3. The van der Waals surface area contributed by atoms with Crippen molar-refractivity contribution < 1.29 is 9.59 Å². The monoisotopic (exact) mass is 341 g/mol. The molecule has 2 atom stereocenters. The predicted octanol–water partition coefficient (Wildman–Crippen LogP) is 2.23. The molecule has 0 aliphatic heterocycles. The van der Waals surface area contributed by atoms with Gasteiger partial charge >= 0.3 is 6.03 Å². The standard InChI is InChI=1S/C15H20ClN3O2S/c1-22-7-6-13(19-15(17)21)14(20)18-12-5-2-9-8-10(16)3-4-11(9)12/h3-4,8,12-13H,2,5-7H2,1H3,(H,18,20)(H3,17,19,21)/t12-,13+/m0/s1. The number of fused-ring (bicyclic) bond motifs is 1. The first-order chi connectivity index (χ1) is 10.5. The van der Waals surface area contributed by atoms with E-state index in [-0.39, 0.29) is 11.9 Å². The number of primary amides is 1. The average Bonchev–Trinajstić information content (AvgIpc) is 2.85. The van der Waals surface area contributed by atoms with Crippen molar-refractivity contribution in [2.75, 3.05) is 12.0 Å². The van der Waals surface area contributed by atoms with E-state index >= 15 is 0 Å². The first-order valence-electron chi connectivity index (χ1n) is 7.15. The zero-order chi connectivity index (χ0) is 16.1. The lowest BCUT2D eigenvalue weighted by atomic mass is 10.1. The highest BCUT2D eigenvalue weighted by molar-refractivity contribution is 7.98. The van der Waals surface area contributed by atoms with Crippen molar-refractivity contribution in [3.8, 4) is 0 Å². The molecule has 0 spiro atoms. The van der Waals surface area contributed by atoms with Gasteiger partial charge in [0.1, 0.15) is 6.04 Å². The summed E-state index contributed by atoms with van der Waals surface area (Å²) in [6.07, 6.45) is 4.24. The van der Waals surface area contributed by atoms with Crippen LogP contribution in [-0.4, -0.2) is 30.0 Å². The number of urea groups is 1. The number of nitrogens with two attached hydrogens (primary N) is 1. The van der Waals surface area contributed by atoms with E-state index < -0.39 is 12.1 Å². The number of hydrogen-bond donors (Lipinski definition) is 3. The van der Waals surface area contributed by atoms with E-state index in [1.165, 1.54) is 5.56 Å². The van der Waals surface area contributed by atoms with Gasteiger partial charge in [-0.25, -0.2) is 4.79 Å². The molecule has 120 valence electrons. The Morgan fingerprint density at radius 3 is 2.95 bits per heavy atom. The summed E-state index contributed by atoms with van der Waals surface area (Å²) >= 11 is 7.61. The van der Waals surface area contributed by atoms with E-state index in [1.54, 1.807) is 11.8 Å².